The Labute approximate surface area is 131 Å². The largest absolute Gasteiger partial charge is 0.462 e. The SMILES string of the molecule is CCOC(=O)c1cn2c3c(cccc13)CCC2C1CCCC1. The number of rotatable bonds is 3. The average molecular weight is 297 g/mol. The Morgan fingerprint density at radius 3 is 2.86 bits per heavy atom. The van der Waals surface area contributed by atoms with Crippen LogP contribution in [-0.4, -0.2) is 17.1 Å². The van der Waals surface area contributed by atoms with Crippen molar-refractivity contribution in [2.75, 3.05) is 6.61 Å². The Bertz CT molecular complexity index is 710. The molecular weight excluding hydrogens is 274 g/mol. The molecule has 1 saturated carbocycles. The highest BCUT2D eigenvalue weighted by molar-refractivity contribution is 6.05. The van der Waals surface area contributed by atoms with E-state index in [1.54, 1.807) is 0 Å². The molecule has 116 valence electrons. The van der Waals surface area contributed by atoms with Crippen molar-refractivity contribution in [1.29, 1.82) is 0 Å². The van der Waals surface area contributed by atoms with E-state index in [4.69, 9.17) is 4.74 Å². The van der Waals surface area contributed by atoms with Gasteiger partial charge in [-0.25, -0.2) is 4.79 Å². The number of carbonyl (C=O) groups excluding carboxylic acids is 1. The van der Waals surface area contributed by atoms with Crippen molar-refractivity contribution in [3.63, 3.8) is 0 Å². The highest BCUT2D eigenvalue weighted by Gasteiger charge is 2.32. The third-order valence-corrected chi connectivity index (χ3v) is 5.44. The van der Waals surface area contributed by atoms with E-state index >= 15 is 0 Å². The number of aryl methyl sites for hydroxylation is 1. The van der Waals surface area contributed by atoms with Gasteiger partial charge in [0.15, 0.2) is 0 Å². The summed E-state index contributed by atoms with van der Waals surface area (Å²) >= 11 is 0. The van der Waals surface area contributed by atoms with Crippen LogP contribution in [0.1, 0.15) is 61.0 Å². The van der Waals surface area contributed by atoms with Gasteiger partial charge in [0.2, 0.25) is 0 Å². The minimum absolute atomic E-state index is 0.185. The third-order valence-electron chi connectivity index (χ3n) is 5.44. The molecule has 0 amide bonds. The van der Waals surface area contributed by atoms with Gasteiger partial charge in [0.05, 0.1) is 17.7 Å². The minimum Gasteiger partial charge on any atom is -0.462 e. The van der Waals surface area contributed by atoms with E-state index in [1.165, 1.54) is 43.2 Å². The number of nitrogens with zero attached hydrogens (tertiary/aromatic N) is 1. The van der Waals surface area contributed by atoms with Crippen molar-refractivity contribution >= 4 is 16.9 Å². The smallest absolute Gasteiger partial charge is 0.340 e. The summed E-state index contributed by atoms with van der Waals surface area (Å²) < 4.78 is 7.66. The lowest BCUT2D eigenvalue weighted by Gasteiger charge is -2.30. The first-order chi connectivity index (χ1) is 10.8. The number of para-hydroxylation sites is 1. The molecule has 2 aromatic rings. The zero-order valence-corrected chi connectivity index (χ0v) is 13.2. The van der Waals surface area contributed by atoms with Crippen LogP contribution in [0.4, 0.5) is 0 Å². The van der Waals surface area contributed by atoms with Crippen LogP contribution in [0.3, 0.4) is 0 Å². The molecule has 1 aliphatic carbocycles. The van der Waals surface area contributed by atoms with Crippen LogP contribution in [-0.2, 0) is 11.2 Å². The lowest BCUT2D eigenvalue weighted by Crippen LogP contribution is -2.21. The van der Waals surface area contributed by atoms with E-state index < -0.39 is 0 Å². The Kier molecular flexibility index (Phi) is 3.44. The van der Waals surface area contributed by atoms with Crippen molar-refractivity contribution in [2.24, 2.45) is 5.92 Å². The predicted molar refractivity (Wildman–Crippen MR) is 87.2 cm³/mol. The van der Waals surface area contributed by atoms with Gasteiger partial charge in [-0.2, -0.15) is 0 Å². The van der Waals surface area contributed by atoms with E-state index in [0.29, 0.717) is 12.6 Å². The van der Waals surface area contributed by atoms with Gasteiger partial charge in [-0.15, -0.1) is 0 Å². The number of benzene rings is 1. The number of hydrogen-bond donors (Lipinski definition) is 0. The Morgan fingerprint density at radius 2 is 2.09 bits per heavy atom. The van der Waals surface area contributed by atoms with Crippen molar-refractivity contribution in [2.45, 2.75) is 51.5 Å². The van der Waals surface area contributed by atoms with Gasteiger partial charge in [0.1, 0.15) is 0 Å². The molecule has 0 N–H and O–H groups in total. The maximum absolute atomic E-state index is 12.3. The molecule has 3 heteroatoms. The molecule has 0 spiro atoms. The van der Waals surface area contributed by atoms with Crippen molar-refractivity contribution < 1.29 is 9.53 Å². The number of aromatic nitrogens is 1. The maximum atomic E-state index is 12.3. The monoisotopic (exact) mass is 297 g/mol. The van der Waals surface area contributed by atoms with Crippen LogP contribution in [0.5, 0.6) is 0 Å². The van der Waals surface area contributed by atoms with Gasteiger partial charge in [0, 0.05) is 17.6 Å². The molecule has 1 fully saturated rings. The fraction of sp³-hybridized carbons (Fsp3) is 0.526. The molecule has 4 rings (SSSR count). The van der Waals surface area contributed by atoms with E-state index in [0.717, 1.165) is 23.3 Å². The summed E-state index contributed by atoms with van der Waals surface area (Å²) in [6, 6.07) is 6.90. The summed E-state index contributed by atoms with van der Waals surface area (Å²) in [6.07, 6.45) is 9.78. The Balaban J connectivity index is 1.85. The molecule has 1 aromatic heterocycles. The molecule has 1 atom stereocenters. The van der Waals surface area contributed by atoms with E-state index in [-0.39, 0.29) is 5.97 Å². The highest BCUT2D eigenvalue weighted by atomic mass is 16.5. The zero-order chi connectivity index (χ0) is 15.1. The van der Waals surface area contributed by atoms with Crippen LogP contribution >= 0.6 is 0 Å². The van der Waals surface area contributed by atoms with Gasteiger partial charge in [0.25, 0.3) is 0 Å². The number of hydrogen-bond acceptors (Lipinski definition) is 2. The molecule has 1 aliphatic heterocycles. The van der Waals surface area contributed by atoms with Crippen LogP contribution in [0.25, 0.3) is 10.9 Å². The van der Waals surface area contributed by atoms with Crippen molar-refractivity contribution in [1.82, 2.24) is 4.57 Å². The fourth-order valence-corrected chi connectivity index (χ4v) is 4.47. The van der Waals surface area contributed by atoms with E-state index in [2.05, 4.69) is 29.0 Å². The third kappa shape index (κ3) is 2.06. The fourth-order valence-electron chi connectivity index (χ4n) is 4.47. The van der Waals surface area contributed by atoms with Crippen LogP contribution in [0.15, 0.2) is 24.4 Å². The zero-order valence-electron chi connectivity index (χ0n) is 13.2. The van der Waals surface area contributed by atoms with Crippen LogP contribution < -0.4 is 0 Å². The van der Waals surface area contributed by atoms with Crippen molar-refractivity contribution in [3.8, 4) is 0 Å². The summed E-state index contributed by atoms with van der Waals surface area (Å²) in [6.45, 7) is 2.29. The molecule has 2 aliphatic rings. The molecule has 0 saturated heterocycles. The highest BCUT2D eigenvalue weighted by Crippen LogP contribution is 2.43. The standard InChI is InChI=1S/C19H23NO2/c1-2-22-19(21)16-12-20-17(13-6-3-4-7-13)11-10-14-8-5-9-15(16)18(14)20/h5,8-9,12-13,17H,2-4,6-7,10-11H2,1H3. The van der Waals surface area contributed by atoms with E-state index in [1.807, 2.05) is 6.92 Å². The van der Waals surface area contributed by atoms with E-state index in [9.17, 15) is 4.79 Å². The maximum Gasteiger partial charge on any atom is 0.340 e. The van der Waals surface area contributed by atoms with Crippen molar-refractivity contribution in [3.05, 3.63) is 35.5 Å². The van der Waals surface area contributed by atoms with Gasteiger partial charge >= 0.3 is 5.97 Å². The minimum atomic E-state index is -0.185. The molecular formula is C19H23NO2. The van der Waals surface area contributed by atoms with Gasteiger partial charge in [-0.05, 0) is 44.1 Å². The molecule has 1 unspecified atom stereocenters. The second-order valence-electron chi connectivity index (χ2n) is 6.63. The number of carbonyl (C=O) groups is 1. The predicted octanol–water partition coefficient (Wildman–Crippen LogP) is 4.50. The lowest BCUT2D eigenvalue weighted by molar-refractivity contribution is 0.0528. The lowest BCUT2D eigenvalue weighted by atomic mass is 9.89. The molecule has 3 nitrogen and oxygen atoms in total. The Hall–Kier alpha value is -1.77. The summed E-state index contributed by atoms with van der Waals surface area (Å²) in [4.78, 5) is 12.3. The first-order valence-electron chi connectivity index (χ1n) is 8.59. The number of esters is 1. The summed E-state index contributed by atoms with van der Waals surface area (Å²) in [5, 5.41) is 1.07. The Morgan fingerprint density at radius 1 is 1.27 bits per heavy atom. The van der Waals surface area contributed by atoms with Crippen LogP contribution in [0.2, 0.25) is 0 Å². The summed E-state index contributed by atoms with van der Waals surface area (Å²) in [5.41, 5.74) is 3.39. The molecule has 0 bridgehead atoms. The summed E-state index contributed by atoms with van der Waals surface area (Å²) in [5.74, 6) is 0.592. The first-order valence-corrected chi connectivity index (χ1v) is 8.59. The molecule has 22 heavy (non-hydrogen) atoms. The molecule has 2 heterocycles. The van der Waals surface area contributed by atoms with Gasteiger partial charge in [-0.1, -0.05) is 31.0 Å². The molecule has 1 aromatic carbocycles. The van der Waals surface area contributed by atoms with Crippen LogP contribution in [0, 0.1) is 5.92 Å². The average Bonchev–Trinajstić information content (AvgIpc) is 3.18. The quantitative estimate of drug-likeness (QED) is 0.781. The van der Waals surface area contributed by atoms with Gasteiger partial charge in [-0.3, -0.25) is 0 Å². The molecule has 0 radical (unpaired) electrons. The topological polar surface area (TPSA) is 31.2 Å². The van der Waals surface area contributed by atoms with Gasteiger partial charge < -0.3 is 9.30 Å². The summed E-state index contributed by atoms with van der Waals surface area (Å²) in [7, 11) is 0. The normalized spacial score (nSPS) is 21.4. The number of ether oxygens (including phenoxy) is 1. The second kappa shape index (κ2) is 5.45. The first kappa shape index (κ1) is 13.9. The second-order valence-corrected chi connectivity index (χ2v) is 6.63.